The van der Waals surface area contributed by atoms with Crippen molar-refractivity contribution in [2.45, 2.75) is 4.83 Å². The summed E-state index contributed by atoms with van der Waals surface area (Å²) in [6.07, 6.45) is 0. The summed E-state index contributed by atoms with van der Waals surface area (Å²) in [5.74, 6) is -0.188. The predicted molar refractivity (Wildman–Crippen MR) is 92.3 cm³/mol. The summed E-state index contributed by atoms with van der Waals surface area (Å²) in [4.78, 5) is 1.29. The Kier molecular flexibility index (Phi) is 4.16. The molecule has 0 saturated carbocycles. The van der Waals surface area contributed by atoms with Gasteiger partial charge in [-0.05, 0) is 67.1 Å². The quantitative estimate of drug-likeness (QED) is 0.340. The van der Waals surface area contributed by atoms with E-state index in [2.05, 4.69) is 59.9 Å². The van der Waals surface area contributed by atoms with Gasteiger partial charge in [0.1, 0.15) is 5.82 Å². The molecule has 3 rings (SSSR count). The van der Waals surface area contributed by atoms with Gasteiger partial charge in [0.05, 0.1) is 12.4 Å². The monoisotopic (exact) mass is 482 g/mol. The van der Waals surface area contributed by atoms with Crippen molar-refractivity contribution in [3.8, 4) is 0 Å². The number of alkyl halides is 1. The molecule has 0 spiro atoms. The molecule has 2 heterocycles. The van der Waals surface area contributed by atoms with E-state index >= 15 is 0 Å². The van der Waals surface area contributed by atoms with Gasteiger partial charge in [0.15, 0.2) is 0 Å². The zero-order valence-electron chi connectivity index (χ0n) is 9.29. The van der Waals surface area contributed by atoms with E-state index in [0.29, 0.717) is 0 Å². The third kappa shape index (κ3) is 2.83. The van der Waals surface area contributed by atoms with Crippen LogP contribution in [-0.2, 0) is 0 Å². The first kappa shape index (κ1) is 14.2. The lowest BCUT2D eigenvalue weighted by atomic mass is 10.2. The fourth-order valence-electron chi connectivity index (χ4n) is 1.83. The molecule has 0 N–H and O–H groups in total. The zero-order valence-corrected chi connectivity index (χ0v) is 15.7. The summed E-state index contributed by atoms with van der Waals surface area (Å²) in [5, 5.41) is 1.08. The lowest BCUT2D eigenvalue weighted by Crippen LogP contribution is -1.86. The van der Waals surface area contributed by atoms with Crippen molar-refractivity contribution < 1.29 is 4.39 Å². The number of hydrogen-bond acceptors (Lipinski definition) is 2. The van der Waals surface area contributed by atoms with Crippen LogP contribution in [0.1, 0.15) is 15.3 Å². The van der Waals surface area contributed by atoms with E-state index in [4.69, 9.17) is 0 Å². The highest BCUT2D eigenvalue weighted by atomic mass is 79.9. The van der Waals surface area contributed by atoms with E-state index in [1.165, 1.54) is 16.5 Å². The second-order valence-electron chi connectivity index (χ2n) is 3.97. The molecule has 2 aromatic heterocycles. The molecule has 0 radical (unpaired) electrons. The molecule has 6 heteroatoms. The van der Waals surface area contributed by atoms with Gasteiger partial charge in [-0.25, -0.2) is 4.39 Å². The standard InChI is InChI=1S/C13H6Br3FS2/c14-11-5-8(13(16)19-11)12(15)10-3-6-1-2-7(17)4-9(6)18-10/h1-5,12H. The Morgan fingerprint density at radius 2 is 1.84 bits per heavy atom. The average Bonchev–Trinajstić information content (AvgIpc) is 2.91. The molecule has 0 aliphatic rings. The number of thiophene rings is 2. The highest BCUT2D eigenvalue weighted by molar-refractivity contribution is 9.12. The van der Waals surface area contributed by atoms with Crippen LogP contribution in [0.4, 0.5) is 4.39 Å². The van der Waals surface area contributed by atoms with Crippen molar-refractivity contribution in [2.75, 3.05) is 0 Å². The average molecular weight is 485 g/mol. The molecule has 1 atom stereocenters. The normalized spacial score (nSPS) is 13.1. The summed E-state index contributed by atoms with van der Waals surface area (Å²) < 4.78 is 16.4. The molecule has 0 aliphatic carbocycles. The van der Waals surface area contributed by atoms with Gasteiger partial charge in [0, 0.05) is 9.58 Å². The smallest absolute Gasteiger partial charge is 0.124 e. The molecule has 1 aromatic carbocycles. The van der Waals surface area contributed by atoms with Crippen molar-refractivity contribution in [3.05, 3.63) is 54.2 Å². The second kappa shape index (κ2) is 5.56. The molecule has 19 heavy (non-hydrogen) atoms. The molecule has 0 saturated heterocycles. The van der Waals surface area contributed by atoms with E-state index < -0.39 is 0 Å². The van der Waals surface area contributed by atoms with E-state index in [-0.39, 0.29) is 10.6 Å². The maximum absolute atomic E-state index is 13.2. The fraction of sp³-hybridized carbons (Fsp3) is 0.0769. The lowest BCUT2D eigenvalue weighted by molar-refractivity contribution is 0.630. The van der Waals surface area contributed by atoms with Crippen molar-refractivity contribution in [3.63, 3.8) is 0 Å². The molecule has 0 aliphatic heterocycles. The molecule has 0 bridgehead atoms. The summed E-state index contributed by atoms with van der Waals surface area (Å²) in [6.45, 7) is 0. The van der Waals surface area contributed by atoms with Crippen molar-refractivity contribution in [1.29, 1.82) is 0 Å². The third-order valence-electron chi connectivity index (χ3n) is 2.71. The van der Waals surface area contributed by atoms with Crippen LogP contribution in [0, 0.1) is 5.82 Å². The Labute approximate surface area is 143 Å². The first-order valence-electron chi connectivity index (χ1n) is 5.32. The highest BCUT2D eigenvalue weighted by Gasteiger charge is 2.18. The van der Waals surface area contributed by atoms with Gasteiger partial charge >= 0.3 is 0 Å². The summed E-state index contributed by atoms with van der Waals surface area (Å²) in [5.41, 5.74) is 1.18. The van der Waals surface area contributed by atoms with E-state index in [0.717, 1.165) is 17.7 Å². The molecule has 1 unspecified atom stereocenters. The minimum Gasteiger partial charge on any atom is -0.207 e. The van der Waals surface area contributed by atoms with Gasteiger partial charge in [-0.2, -0.15) is 0 Å². The van der Waals surface area contributed by atoms with Crippen LogP contribution < -0.4 is 0 Å². The van der Waals surface area contributed by atoms with Crippen LogP contribution in [0.25, 0.3) is 10.1 Å². The Morgan fingerprint density at radius 3 is 2.53 bits per heavy atom. The molecule has 0 amide bonds. The maximum atomic E-state index is 13.2. The van der Waals surface area contributed by atoms with Gasteiger partial charge < -0.3 is 0 Å². The molecular formula is C13H6Br3FS2. The van der Waals surface area contributed by atoms with Gasteiger partial charge in [-0.1, -0.05) is 22.0 Å². The Balaban J connectivity index is 2.06. The number of benzene rings is 1. The van der Waals surface area contributed by atoms with Gasteiger partial charge in [-0.15, -0.1) is 22.7 Å². The molecule has 98 valence electrons. The van der Waals surface area contributed by atoms with E-state index in [1.807, 2.05) is 6.07 Å². The number of hydrogen-bond donors (Lipinski definition) is 0. The Hall–Kier alpha value is 0.250. The molecule has 0 fully saturated rings. The SMILES string of the molecule is Fc1ccc2cc(C(Br)c3cc(Br)sc3Br)sc2c1. The van der Waals surface area contributed by atoms with Crippen LogP contribution in [0.2, 0.25) is 0 Å². The van der Waals surface area contributed by atoms with Crippen LogP contribution in [-0.4, -0.2) is 0 Å². The number of rotatable bonds is 2. The maximum Gasteiger partial charge on any atom is 0.124 e. The van der Waals surface area contributed by atoms with Crippen LogP contribution in [0.5, 0.6) is 0 Å². The number of fused-ring (bicyclic) bond motifs is 1. The topological polar surface area (TPSA) is 0 Å². The highest BCUT2D eigenvalue weighted by Crippen LogP contribution is 2.44. The van der Waals surface area contributed by atoms with Crippen LogP contribution >= 0.6 is 70.5 Å². The Morgan fingerprint density at radius 1 is 1.05 bits per heavy atom. The van der Waals surface area contributed by atoms with Crippen molar-refractivity contribution >= 4 is 80.5 Å². The molecule has 3 aromatic rings. The number of halogens is 4. The summed E-state index contributed by atoms with van der Waals surface area (Å²) in [6, 6.07) is 9.11. The van der Waals surface area contributed by atoms with Gasteiger partial charge in [-0.3, -0.25) is 0 Å². The fourth-order valence-corrected chi connectivity index (χ4v) is 7.05. The molecular weight excluding hydrogens is 479 g/mol. The molecule has 0 nitrogen and oxygen atoms in total. The minimum absolute atomic E-state index is 0.116. The van der Waals surface area contributed by atoms with Crippen molar-refractivity contribution in [1.82, 2.24) is 0 Å². The zero-order chi connectivity index (χ0) is 13.6. The summed E-state index contributed by atoms with van der Waals surface area (Å²) >= 11 is 14.1. The van der Waals surface area contributed by atoms with Crippen LogP contribution in [0.15, 0.2) is 37.9 Å². The first-order chi connectivity index (χ1) is 9.04. The van der Waals surface area contributed by atoms with E-state index in [9.17, 15) is 4.39 Å². The second-order valence-corrected chi connectivity index (χ2v) is 9.75. The predicted octanol–water partition coefficient (Wildman–Crippen LogP) is 7.11. The first-order valence-corrected chi connectivity index (χ1v) is 9.46. The van der Waals surface area contributed by atoms with Gasteiger partial charge in [0.25, 0.3) is 0 Å². The third-order valence-corrected chi connectivity index (χ3v) is 7.55. The minimum atomic E-state index is -0.188. The van der Waals surface area contributed by atoms with Crippen molar-refractivity contribution in [2.24, 2.45) is 0 Å². The van der Waals surface area contributed by atoms with E-state index in [1.54, 1.807) is 28.7 Å². The lowest BCUT2D eigenvalue weighted by Gasteiger charge is -2.05. The van der Waals surface area contributed by atoms with Gasteiger partial charge in [0.2, 0.25) is 0 Å². The summed E-state index contributed by atoms with van der Waals surface area (Å²) in [7, 11) is 0. The Bertz CT molecular complexity index is 748. The largest absolute Gasteiger partial charge is 0.207 e. The van der Waals surface area contributed by atoms with Crippen LogP contribution in [0.3, 0.4) is 0 Å².